The van der Waals surface area contributed by atoms with Gasteiger partial charge in [0.1, 0.15) is 18.0 Å². The van der Waals surface area contributed by atoms with Gasteiger partial charge in [-0.2, -0.15) is 0 Å². The fraction of sp³-hybridized carbons (Fsp3) is 0.250. The SMILES string of the molecule is Cc1ccc(COc2ccn(-c3ccc4nc(C5CC5)c(C)n4c3)c(=O)c2)cc1. The smallest absolute Gasteiger partial charge is 0.258 e. The zero-order chi connectivity index (χ0) is 20.0. The fourth-order valence-electron chi connectivity index (χ4n) is 3.67. The second-order valence-electron chi connectivity index (χ2n) is 7.82. The zero-order valence-electron chi connectivity index (χ0n) is 16.6. The van der Waals surface area contributed by atoms with Crippen LogP contribution >= 0.6 is 0 Å². The van der Waals surface area contributed by atoms with Gasteiger partial charge >= 0.3 is 0 Å². The van der Waals surface area contributed by atoms with Crippen LogP contribution < -0.4 is 10.3 Å². The molecule has 1 fully saturated rings. The standard InChI is InChI=1S/C24H23N3O2/c1-16-3-5-18(6-4-16)15-29-21-11-12-26(23(28)13-21)20-9-10-22-25-24(19-7-8-19)17(2)27(22)14-20/h3-6,9-14,19H,7-8,15H2,1-2H3. The Morgan fingerprint density at radius 3 is 2.59 bits per heavy atom. The number of ether oxygens (including phenoxy) is 1. The Kier molecular flexibility index (Phi) is 4.23. The van der Waals surface area contributed by atoms with Gasteiger partial charge in [-0.1, -0.05) is 29.8 Å². The Hall–Kier alpha value is -3.34. The Labute approximate surface area is 169 Å². The summed E-state index contributed by atoms with van der Waals surface area (Å²) in [6.07, 6.45) is 6.20. The number of aromatic nitrogens is 3. The molecular weight excluding hydrogens is 362 g/mol. The summed E-state index contributed by atoms with van der Waals surface area (Å²) in [6.45, 7) is 4.59. The highest BCUT2D eigenvalue weighted by molar-refractivity contribution is 5.49. The lowest BCUT2D eigenvalue weighted by molar-refractivity contribution is 0.305. The van der Waals surface area contributed by atoms with E-state index in [0.29, 0.717) is 18.3 Å². The third kappa shape index (κ3) is 3.44. The van der Waals surface area contributed by atoms with Crippen LogP contribution in [0.3, 0.4) is 0 Å². The van der Waals surface area contributed by atoms with Gasteiger partial charge in [-0.05, 0) is 50.5 Å². The van der Waals surface area contributed by atoms with Gasteiger partial charge in [0.25, 0.3) is 5.56 Å². The maximum absolute atomic E-state index is 12.7. The summed E-state index contributed by atoms with van der Waals surface area (Å²) in [5.41, 5.74) is 6.27. The molecule has 3 heterocycles. The topological polar surface area (TPSA) is 48.5 Å². The van der Waals surface area contributed by atoms with E-state index in [1.54, 1.807) is 10.8 Å². The van der Waals surface area contributed by atoms with Crippen molar-refractivity contribution in [2.75, 3.05) is 0 Å². The first-order valence-electron chi connectivity index (χ1n) is 9.98. The minimum atomic E-state index is -0.119. The molecule has 5 nitrogen and oxygen atoms in total. The summed E-state index contributed by atoms with van der Waals surface area (Å²) in [5.74, 6) is 1.17. The Morgan fingerprint density at radius 1 is 1.07 bits per heavy atom. The molecule has 1 saturated carbocycles. The van der Waals surface area contributed by atoms with Gasteiger partial charge in [0.2, 0.25) is 0 Å². The molecule has 0 atom stereocenters. The minimum Gasteiger partial charge on any atom is -0.489 e. The van der Waals surface area contributed by atoms with Crippen molar-refractivity contribution in [3.05, 3.63) is 93.8 Å². The molecule has 0 bridgehead atoms. The Morgan fingerprint density at radius 2 is 1.86 bits per heavy atom. The number of imidazole rings is 1. The van der Waals surface area contributed by atoms with E-state index in [-0.39, 0.29) is 5.56 Å². The first-order chi connectivity index (χ1) is 14.1. The predicted molar refractivity (Wildman–Crippen MR) is 113 cm³/mol. The molecular formula is C24H23N3O2. The van der Waals surface area contributed by atoms with Gasteiger partial charge in [0.05, 0.1) is 11.4 Å². The molecule has 5 heteroatoms. The van der Waals surface area contributed by atoms with Crippen LogP contribution in [0.1, 0.15) is 41.3 Å². The molecule has 0 amide bonds. The molecule has 0 spiro atoms. The van der Waals surface area contributed by atoms with Crippen molar-refractivity contribution in [1.29, 1.82) is 0 Å². The van der Waals surface area contributed by atoms with E-state index in [4.69, 9.17) is 9.72 Å². The molecule has 5 rings (SSSR count). The number of hydrogen-bond donors (Lipinski definition) is 0. The van der Waals surface area contributed by atoms with Crippen LogP contribution in [0.4, 0.5) is 0 Å². The van der Waals surface area contributed by atoms with Crippen LogP contribution in [0.15, 0.2) is 65.7 Å². The molecule has 29 heavy (non-hydrogen) atoms. The number of hydrogen-bond acceptors (Lipinski definition) is 3. The van der Waals surface area contributed by atoms with Crippen molar-refractivity contribution < 1.29 is 4.74 Å². The average molecular weight is 385 g/mol. The first-order valence-corrected chi connectivity index (χ1v) is 9.98. The molecule has 0 N–H and O–H groups in total. The molecule has 1 aliphatic rings. The second kappa shape index (κ2) is 6.92. The van der Waals surface area contributed by atoms with Gasteiger partial charge in [0, 0.05) is 30.1 Å². The number of benzene rings is 1. The van der Waals surface area contributed by atoms with E-state index in [9.17, 15) is 4.79 Å². The van der Waals surface area contributed by atoms with Crippen LogP contribution in [0, 0.1) is 13.8 Å². The lowest BCUT2D eigenvalue weighted by Crippen LogP contribution is -2.17. The van der Waals surface area contributed by atoms with Crippen molar-refractivity contribution in [1.82, 2.24) is 14.0 Å². The maximum atomic E-state index is 12.7. The summed E-state index contributed by atoms with van der Waals surface area (Å²) < 4.78 is 9.51. The number of aryl methyl sites for hydroxylation is 2. The van der Waals surface area contributed by atoms with Crippen molar-refractivity contribution in [3.8, 4) is 11.4 Å². The highest BCUT2D eigenvalue weighted by Gasteiger charge is 2.28. The monoisotopic (exact) mass is 385 g/mol. The van der Waals surface area contributed by atoms with Crippen LogP contribution in [0.5, 0.6) is 5.75 Å². The van der Waals surface area contributed by atoms with Crippen LogP contribution in [-0.4, -0.2) is 14.0 Å². The average Bonchev–Trinajstić information content (AvgIpc) is 3.52. The highest BCUT2D eigenvalue weighted by Crippen LogP contribution is 2.41. The summed E-state index contributed by atoms with van der Waals surface area (Å²) in [5, 5.41) is 0. The van der Waals surface area contributed by atoms with Crippen molar-refractivity contribution in [3.63, 3.8) is 0 Å². The summed E-state index contributed by atoms with van der Waals surface area (Å²) in [7, 11) is 0. The lowest BCUT2D eigenvalue weighted by atomic mass is 10.2. The molecule has 0 radical (unpaired) electrons. The normalized spacial score (nSPS) is 13.7. The van der Waals surface area contributed by atoms with E-state index in [1.807, 2.05) is 36.5 Å². The largest absolute Gasteiger partial charge is 0.489 e. The van der Waals surface area contributed by atoms with Crippen molar-refractivity contribution in [2.45, 2.75) is 39.2 Å². The van der Waals surface area contributed by atoms with E-state index < -0.39 is 0 Å². The minimum absolute atomic E-state index is 0.119. The van der Waals surface area contributed by atoms with Gasteiger partial charge in [-0.25, -0.2) is 4.98 Å². The van der Waals surface area contributed by atoms with E-state index >= 15 is 0 Å². The number of nitrogens with zero attached hydrogens (tertiary/aromatic N) is 3. The summed E-state index contributed by atoms with van der Waals surface area (Å²) in [6, 6.07) is 15.5. The zero-order valence-corrected chi connectivity index (χ0v) is 16.6. The molecule has 3 aromatic heterocycles. The first kappa shape index (κ1) is 17.7. The van der Waals surface area contributed by atoms with Crippen LogP contribution in [0.2, 0.25) is 0 Å². The quantitative estimate of drug-likeness (QED) is 0.506. The molecule has 4 aromatic rings. The molecule has 0 aliphatic heterocycles. The highest BCUT2D eigenvalue weighted by atomic mass is 16.5. The summed E-state index contributed by atoms with van der Waals surface area (Å²) >= 11 is 0. The second-order valence-corrected chi connectivity index (χ2v) is 7.82. The van der Waals surface area contributed by atoms with Crippen LogP contribution in [0.25, 0.3) is 11.3 Å². The van der Waals surface area contributed by atoms with Gasteiger partial charge in [0.15, 0.2) is 0 Å². The third-order valence-corrected chi connectivity index (χ3v) is 5.54. The number of pyridine rings is 2. The Balaban J connectivity index is 1.40. The van der Waals surface area contributed by atoms with Gasteiger partial charge < -0.3 is 9.14 Å². The fourth-order valence-corrected chi connectivity index (χ4v) is 3.67. The van der Waals surface area contributed by atoms with Gasteiger partial charge in [-0.3, -0.25) is 9.36 Å². The Bertz CT molecular complexity index is 1250. The molecule has 1 aromatic carbocycles. The van der Waals surface area contributed by atoms with E-state index in [0.717, 1.165) is 22.6 Å². The predicted octanol–water partition coefficient (Wildman–Crippen LogP) is 4.56. The molecule has 0 unspecified atom stereocenters. The molecule has 0 saturated heterocycles. The van der Waals surface area contributed by atoms with E-state index in [2.05, 4.69) is 30.4 Å². The molecule has 1 aliphatic carbocycles. The van der Waals surface area contributed by atoms with Crippen molar-refractivity contribution in [2.24, 2.45) is 0 Å². The molecule has 146 valence electrons. The number of rotatable bonds is 5. The maximum Gasteiger partial charge on any atom is 0.258 e. The van der Waals surface area contributed by atoms with Crippen LogP contribution in [-0.2, 0) is 6.61 Å². The summed E-state index contributed by atoms with van der Waals surface area (Å²) in [4.78, 5) is 17.5. The third-order valence-electron chi connectivity index (χ3n) is 5.54. The number of fused-ring (bicyclic) bond motifs is 1. The van der Waals surface area contributed by atoms with Gasteiger partial charge in [-0.15, -0.1) is 0 Å². The van der Waals surface area contributed by atoms with Crippen molar-refractivity contribution >= 4 is 5.65 Å². The lowest BCUT2D eigenvalue weighted by Gasteiger charge is -2.10. The van der Waals surface area contributed by atoms with E-state index in [1.165, 1.54) is 30.2 Å².